The smallest absolute Gasteiger partial charge is 0.127 e. The Kier molecular flexibility index (Phi) is 4.35. The minimum Gasteiger partial charge on any atom is -0.497 e. The largest absolute Gasteiger partial charge is 0.497 e. The van der Waals surface area contributed by atoms with Gasteiger partial charge in [0, 0.05) is 24.2 Å². The predicted molar refractivity (Wildman–Crippen MR) is 77.9 cm³/mol. The van der Waals surface area contributed by atoms with Gasteiger partial charge in [-0.2, -0.15) is 0 Å². The summed E-state index contributed by atoms with van der Waals surface area (Å²) in [4.78, 5) is 0. The molecule has 1 saturated carbocycles. The minimum absolute atomic E-state index is 0.296. The molecule has 0 spiro atoms. The van der Waals surface area contributed by atoms with E-state index < -0.39 is 0 Å². The van der Waals surface area contributed by atoms with Gasteiger partial charge in [0.05, 0.1) is 14.2 Å². The number of hydrogen-bond donors (Lipinski definition) is 1. The molecule has 1 atom stereocenters. The molecule has 19 heavy (non-hydrogen) atoms. The fourth-order valence-corrected chi connectivity index (χ4v) is 2.49. The van der Waals surface area contributed by atoms with Crippen LogP contribution in [0.4, 0.5) is 0 Å². The van der Waals surface area contributed by atoms with E-state index in [0.717, 1.165) is 18.0 Å². The maximum Gasteiger partial charge on any atom is 0.127 e. The molecule has 0 amide bonds. The van der Waals surface area contributed by atoms with Gasteiger partial charge < -0.3 is 14.8 Å². The number of rotatable bonds is 7. The zero-order valence-electron chi connectivity index (χ0n) is 12.5. The molecule has 1 aliphatic rings. The average molecular weight is 263 g/mol. The third-order valence-electron chi connectivity index (χ3n) is 4.40. The second-order valence-electron chi connectivity index (χ2n) is 5.56. The van der Waals surface area contributed by atoms with Gasteiger partial charge in [0.2, 0.25) is 0 Å². The fourth-order valence-electron chi connectivity index (χ4n) is 2.49. The molecule has 1 N–H and O–H groups in total. The Morgan fingerprint density at radius 1 is 1.26 bits per heavy atom. The summed E-state index contributed by atoms with van der Waals surface area (Å²) < 4.78 is 10.7. The van der Waals surface area contributed by atoms with Crippen LogP contribution in [0.3, 0.4) is 0 Å². The first-order valence-electron chi connectivity index (χ1n) is 7.09. The van der Waals surface area contributed by atoms with Crippen molar-refractivity contribution in [2.24, 2.45) is 5.41 Å². The summed E-state index contributed by atoms with van der Waals surface area (Å²) in [5.74, 6) is 1.72. The van der Waals surface area contributed by atoms with Crippen molar-refractivity contribution in [3.63, 3.8) is 0 Å². The average Bonchev–Trinajstić information content (AvgIpc) is 3.24. The highest BCUT2D eigenvalue weighted by Crippen LogP contribution is 2.48. The zero-order chi connectivity index (χ0) is 13.9. The van der Waals surface area contributed by atoms with Crippen LogP contribution >= 0.6 is 0 Å². The molecule has 1 fully saturated rings. The summed E-state index contributed by atoms with van der Waals surface area (Å²) in [6, 6.07) is 6.31. The van der Waals surface area contributed by atoms with Crippen LogP contribution in [-0.2, 0) is 0 Å². The number of hydrogen-bond acceptors (Lipinski definition) is 3. The molecule has 0 heterocycles. The van der Waals surface area contributed by atoms with E-state index in [1.807, 2.05) is 12.1 Å². The molecule has 2 rings (SSSR count). The Labute approximate surface area is 116 Å². The molecule has 1 unspecified atom stereocenters. The van der Waals surface area contributed by atoms with E-state index in [-0.39, 0.29) is 0 Å². The van der Waals surface area contributed by atoms with E-state index in [1.165, 1.54) is 24.8 Å². The van der Waals surface area contributed by atoms with Crippen LogP contribution in [0.25, 0.3) is 0 Å². The lowest BCUT2D eigenvalue weighted by Gasteiger charge is -2.21. The summed E-state index contributed by atoms with van der Waals surface area (Å²) in [5.41, 5.74) is 1.75. The summed E-state index contributed by atoms with van der Waals surface area (Å²) in [5, 5.41) is 3.64. The third-order valence-corrected chi connectivity index (χ3v) is 4.40. The quantitative estimate of drug-likeness (QED) is 0.816. The van der Waals surface area contributed by atoms with Crippen molar-refractivity contribution in [1.29, 1.82) is 0 Å². The van der Waals surface area contributed by atoms with Gasteiger partial charge in [-0.15, -0.1) is 0 Å². The predicted octanol–water partition coefficient (Wildman–Crippen LogP) is 3.54. The van der Waals surface area contributed by atoms with Crippen molar-refractivity contribution in [2.45, 2.75) is 39.2 Å². The Hall–Kier alpha value is -1.22. The molecule has 3 heteroatoms. The summed E-state index contributed by atoms with van der Waals surface area (Å²) in [6.45, 7) is 5.57. The number of ether oxygens (including phenoxy) is 2. The third kappa shape index (κ3) is 3.21. The second kappa shape index (κ2) is 5.83. The lowest BCUT2D eigenvalue weighted by Crippen LogP contribution is -2.26. The SMILES string of the molecule is CCC1(CNC(C)c2ccc(OC)cc2OC)CC1. The Bertz CT molecular complexity index is 427. The maximum absolute atomic E-state index is 5.46. The lowest BCUT2D eigenvalue weighted by atomic mass is 10.0. The standard InChI is InChI=1S/C16H25NO2/c1-5-16(8-9-16)11-17-12(2)14-7-6-13(18-3)10-15(14)19-4/h6-7,10,12,17H,5,8-9,11H2,1-4H3. The maximum atomic E-state index is 5.46. The molecule has 1 aromatic carbocycles. The molecule has 106 valence electrons. The van der Waals surface area contributed by atoms with Gasteiger partial charge in [-0.25, -0.2) is 0 Å². The van der Waals surface area contributed by atoms with Crippen LogP contribution < -0.4 is 14.8 Å². The Morgan fingerprint density at radius 2 is 2.00 bits per heavy atom. The van der Waals surface area contributed by atoms with E-state index in [1.54, 1.807) is 14.2 Å². The molecule has 1 aromatic rings. The van der Waals surface area contributed by atoms with Crippen molar-refractivity contribution >= 4 is 0 Å². The Balaban J connectivity index is 2.03. The van der Waals surface area contributed by atoms with E-state index in [2.05, 4.69) is 25.2 Å². The van der Waals surface area contributed by atoms with Crippen molar-refractivity contribution in [1.82, 2.24) is 5.32 Å². The van der Waals surface area contributed by atoms with Gasteiger partial charge in [0.1, 0.15) is 11.5 Å². The van der Waals surface area contributed by atoms with Crippen LogP contribution in [-0.4, -0.2) is 20.8 Å². The molecule has 0 aromatic heterocycles. The van der Waals surface area contributed by atoms with Crippen molar-refractivity contribution < 1.29 is 9.47 Å². The van der Waals surface area contributed by atoms with Crippen molar-refractivity contribution in [2.75, 3.05) is 20.8 Å². The van der Waals surface area contributed by atoms with E-state index in [4.69, 9.17) is 9.47 Å². The molecule has 3 nitrogen and oxygen atoms in total. The van der Waals surface area contributed by atoms with Crippen LogP contribution in [0.2, 0.25) is 0 Å². The number of nitrogens with one attached hydrogen (secondary N) is 1. The van der Waals surface area contributed by atoms with Crippen LogP contribution in [0.5, 0.6) is 11.5 Å². The zero-order valence-corrected chi connectivity index (χ0v) is 12.5. The topological polar surface area (TPSA) is 30.5 Å². The summed E-state index contributed by atoms with van der Waals surface area (Å²) in [7, 11) is 3.38. The molecule has 0 saturated heterocycles. The van der Waals surface area contributed by atoms with Gasteiger partial charge in [-0.1, -0.05) is 13.0 Å². The van der Waals surface area contributed by atoms with E-state index in [0.29, 0.717) is 11.5 Å². The molecule has 0 aliphatic heterocycles. The molecule has 0 radical (unpaired) electrons. The lowest BCUT2D eigenvalue weighted by molar-refractivity contribution is 0.377. The normalized spacial score (nSPS) is 17.9. The van der Waals surface area contributed by atoms with Crippen LogP contribution in [0.1, 0.15) is 44.7 Å². The van der Waals surface area contributed by atoms with E-state index >= 15 is 0 Å². The monoisotopic (exact) mass is 263 g/mol. The summed E-state index contributed by atoms with van der Waals surface area (Å²) in [6.07, 6.45) is 4.00. The van der Waals surface area contributed by atoms with E-state index in [9.17, 15) is 0 Å². The molecular weight excluding hydrogens is 238 g/mol. The van der Waals surface area contributed by atoms with Crippen molar-refractivity contribution in [3.05, 3.63) is 23.8 Å². The van der Waals surface area contributed by atoms with Gasteiger partial charge in [-0.05, 0) is 37.7 Å². The van der Waals surface area contributed by atoms with Gasteiger partial charge >= 0.3 is 0 Å². The number of benzene rings is 1. The molecular formula is C16H25NO2. The van der Waals surface area contributed by atoms with Crippen molar-refractivity contribution in [3.8, 4) is 11.5 Å². The number of methoxy groups -OCH3 is 2. The van der Waals surface area contributed by atoms with Gasteiger partial charge in [0.15, 0.2) is 0 Å². The Morgan fingerprint density at radius 3 is 2.53 bits per heavy atom. The van der Waals surface area contributed by atoms with Crippen LogP contribution in [0, 0.1) is 5.41 Å². The minimum atomic E-state index is 0.296. The van der Waals surface area contributed by atoms with Gasteiger partial charge in [0.25, 0.3) is 0 Å². The fraction of sp³-hybridized carbons (Fsp3) is 0.625. The molecule has 1 aliphatic carbocycles. The van der Waals surface area contributed by atoms with Crippen LogP contribution in [0.15, 0.2) is 18.2 Å². The highest BCUT2D eigenvalue weighted by molar-refractivity contribution is 5.42. The first-order chi connectivity index (χ1) is 9.14. The second-order valence-corrected chi connectivity index (χ2v) is 5.56. The molecule has 0 bridgehead atoms. The summed E-state index contributed by atoms with van der Waals surface area (Å²) >= 11 is 0. The first kappa shape index (κ1) is 14.2. The van der Waals surface area contributed by atoms with Gasteiger partial charge in [-0.3, -0.25) is 0 Å². The highest BCUT2D eigenvalue weighted by Gasteiger charge is 2.40. The highest BCUT2D eigenvalue weighted by atomic mass is 16.5. The first-order valence-corrected chi connectivity index (χ1v) is 7.09.